The molecule has 0 saturated carbocycles. The molecular weight excluding hydrogens is 136 g/mol. The number of thiocarbonyl (C=S) groups is 1. The summed E-state index contributed by atoms with van der Waals surface area (Å²) in [6.07, 6.45) is 0. The maximum Gasteiger partial charge on any atom is 0.123 e. The van der Waals surface area contributed by atoms with Crippen molar-refractivity contribution in [3.05, 3.63) is 0 Å². The Bertz CT molecular complexity index is 128. The van der Waals surface area contributed by atoms with Gasteiger partial charge in [-0.15, -0.1) is 0 Å². The molecule has 0 aliphatic carbocycles. The van der Waals surface area contributed by atoms with Gasteiger partial charge in [0.05, 0.1) is 12.6 Å². The molecule has 1 unspecified atom stereocenters. The lowest BCUT2D eigenvalue weighted by Gasteiger charge is -2.12. The Labute approximate surface area is 59.7 Å². The van der Waals surface area contributed by atoms with Gasteiger partial charge in [0.15, 0.2) is 0 Å². The molecule has 1 fully saturated rings. The fourth-order valence-corrected chi connectivity index (χ4v) is 0.987. The number of rotatable bonds is 1. The molecule has 1 rings (SSSR count). The molecule has 3 nitrogen and oxygen atoms in total. The zero-order valence-corrected chi connectivity index (χ0v) is 6.15. The summed E-state index contributed by atoms with van der Waals surface area (Å²) in [6, 6.07) is -0.0695. The fraction of sp³-hybridized carbons (Fsp3) is 0.800. The summed E-state index contributed by atoms with van der Waals surface area (Å²) < 4.78 is 0. The monoisotopic (exact) mass is 146 g/mol. The lowest BCUT2D eigenvalue weighted by molar-refractivity contribution is -0.0649. The molecule has 0 bridgehead atoms. The molecule has 0 aromatic heterocycles. The zero-order valence-electron chi connectivity index (χ0n) is 5.33. The molecular formula is C5H10N2OS. The third-order valence-corrected chi connectivity index (χ3v) is 1.77. The van der Waals surface area contributed by atoms with Crippen LogP contribution in [-0.4, -0.2) is 29.2 Å². The number of likely N-dealkylation sites (N-methyl/N-ethyl adjacent to an activating group) is 1. The molecule has 0 spiro atoms. The van der Waals surface area contributed by atoms with Crippen LogP contribution in [0, 0.1) is 0 Å². The smallest absolute Gasteiger partial charge is 0.123 e. The van der Waals surface area contributed by atoms with Crippen molar-refractivity contribution in [3.8, 4) is 0 Å². The van der Waals surface area contributed by atoms with E-state index in [1.54, 1.807) is 5.06 Å². The molecule has 52 valence electrons. The summed E-state index contributed by atoms with van der Waals surface area (Å²) in [5, 5.41) is 1.65. The SMILES string of the molecule is CCN1OCC(N)C1=S. The van der Waals surface area contributed by atoms with Crippen molar-refractivity contribution in [2.75, 3.05) is 13.2 Å². The van der Waals surface area contributed by atoms with Gasteiger partial charge < -0.3 is 5.73 Å². The van der Waals surface area contributed by atoms with Gasteiger partial charge in [-0.25, -0.2) is 5.06 Å². The highest BCUT2D eigenvalue weighted by atomic mass is 32.1. The summed E-state index contributed by atoms with van der Waals surface area (Å²) >= 11 is 4.94. The van der Waals surface area contributed by atoms with Gasteiger partial charge in [0.25, 0.3) is 0 Å². The number of nitrogens with zero attached hydrogens (tertiary/aromatic N) is 1. The molecule has 0 amide bonds. The molecule has 0 aromatic rings. The van der Waals surface area contributed by atoms with Crippen molar-refractivity contribution in [3.63, 3.8) is 0 Å². The predicted molar refractivity (Wildman–Crippen MR) is 38.9 cm³/mol. The Balaban J connectivity index is 2.51. The highest BCUT2D eigenvalue weighted by Crippen LogP contribution is 2.06. The fourth-order valence-electron chi connectivity index (χ4n) is 0.737. The first kappa shape index (κ1) is 6.92. The van der Waals surface area contributed by atoms with Crippen LogP contribution in [0.5, 0.6) is 0 Å². The van der Waals surface area contributed by atoms with Gasteiger partial charge in [-0.2, -0.15) is 0 Å². The van der Waals surface area contributed by atoms with Gasteiger partial charge in [0.2, 0.25) is 0 Å². The lowest BCUT2D eigenvalue weighted by Crippen LogP contribution is -2.32. The van der Waals surface area contributed by atoms with E-state index < -0.39 is 0 Å². The second kappa shape index (κ2) is 2.60. The summed E-state index contributed by atoms with van der Waals surface area (Å²) in [5.41, 5.74) is 5.54. The van der Waals surface area contributed by atoms with Gasteiger partial charge in [0, 0.05) is 6.54 Å². The quantitative estimate of drug-likeness (QED) is 0.525. The van der Waals surface area contributed by atoms with E-state index in [1.807, 2.05) is 6.92 Å². The van der Waals surface area contributed by atoms with Crippen molar-refractivity contribution in [1.29, 1.82) is 0 Å². The normalized spacial score (nSPS) is 27.6. The third kappa shape index (κ3) is 1.20. The van der Waals surface area contributed by atoms with Crippen LogP contribution in [0.4, 0.5) is 0 Å². The summed E-state index contributed by atoms with van der Waals surface area (Å²) in [6.45, 7) is 3.30. The lowest BCUT2D eigenvalue weighted by atomic mass is 10.3. The van der Waals surface area contributed by atoms with E-state index in [0.29, 0.717) is 6.61 Å². The summed E-state index contributed by atoms with van der Waals surface area (Å²) in [7, 11) is 0. The molecule has 1 atom stereocenters. The van der Waals surface area contributed by atoms with Crippen LogP contribution < -0.4 is 5.73 Å². The maximum absolute atomic E-state index is 5.54. The Morgan fingerprint density at radius 1 is 2.00 bits per heavy atom. The summed E-state index contributed by atoms with van der Waals surface area (Å²) in [4.78, 5) is 5.81. The molecule has 1 aliphatic heterocycles. The summed E-state index contributed by atoms with van der Waals surface area (Å²) in [5.74, 6) is 0. The predicted octanol–water partition coefficient (Wildman–Crippen LogP) is -0.0918. The number of hydrogen-bond donors (Lipinski definition) is 1. The Morgan fingerprint density at radius 3 is 2.89 bits per heavy atom. The zero-order chi connectivity index (χ0) is 6.85. The first-order valence-corrected chi connectivity index (χ1v) is 3.36. The highest BCUT2D eigenvalue weighted by molar-refractivity contribution is 7.80. The van der Waals surface area contributed by atoms with Crippen molar-refractivity contribution >= 4 is 17.2 Å². The van der Waals surface area contributed by atoms with Crippen molar-refractivity contribution < 1.29 is 4.84 Å². The Kier molecular flexibility index (Phi) is 2.00. The first-order valence-electron chi connectivity index (χ1n) is 2.95. The van der Waals surface area contributed by atoms with E-state index in [1.165, 1.54) is 0 Å². The van der Waals surface area contributed by atoms with Crippen LogP contribution in [0.2, 0.25) is 0 Å². The topological polar surface area (TPSA) is 38.5 Å². The van der Waals surface area contributed by atoms with Crippen molar-refractivity contribution in [2.45, 2.75) is 13.0 Å². The van der Waals surface area contributed by atoms with E-state index in [2.05, 4.69) is 0 Å². The average molecular weight is 146 g/mol. The van der Waals surface area contributed by atoms with Gasteiger partial charge in [-0.1, -0.05) is 12.2 Å². The van der Waals surface area contributed by atoms with Crippen molar-refractivity contribution in [1.82, 2.24) is 5.06 Å². The van der Waals surface area contributed by atoms with E-state index in [0.717, 1.165) is 11.5 Å². The van der Waals surface area contributed by atoms with Gasteiger partial charge in [-0.05, 0) is 6.92 Å². The van der Waals surface area contributed by atoms with Crippen LogP contribution in [0.3, 0.4) is 0 Å². The number of hydrogen-bond acceptors (Lipinski definition) is 3. The van der Waals surface area contributed by atoms with E-state index in [4.69, 9.17) is 22.8 Å². The van der Waals surface area contributed by atoms with Gasteiger partial charge in [0.1, 0.15) is 4.99 Å². The van der Waals surface area contributed by atoms with E-state index in [-0.39, 0.29) is 6.04 Å². The van der Waals surface area contributed by atoms with Gasteiger partial charge in [-0.3, -0.25) is 4.84 Å². The number of hydroxylamine groups is 2. The minimum atomic E-state index is -0.0695. The first-order chi connectivity index (χ1) is 4.25. The van der Waals surface area contributed by atoms with Crippen LogP contribution in [0.15, 0.2) is 0 Å². The van der Waals surface area contributed by atoms with Crippen LogP contribution >= 0.6 is 12.2 Å². The highest BCUT2D eigenvalue weighted by Gasteiger charge is 2.24. The molecule has 2 N–H and O–H groups in total. The molecule has 0 aromatic carbocycles. The van der Waals surface area contributed by atoms with Crippen molar-refractivity contribution in [2.24, 2.45) is 5.73 Å². The second-order valence-corrected chi connectivity index (χ2v) is 2.35. The second-order valence-electron chi connectivity index (χ2n) is 1.94. The Hall–Kier alpha value is -0.190. The standard InChI is InChI=1S/C5H10N2OS/c1-2-7-5(9)4(6)3-8-7/h4H,2-3,6H2,1H3. The molecule has 4 heteroatoms. The molecule has 0 radical (unpaired) electrons. The van der Waals surface area contributed by atoms with Crippen LogP contribution in [0.1, 0.15) is 6.92 Å². The van der Waals surface area contributed by atoms with Crippen LogP contribution in [-0.2, 0) is 4.84 Å². The van der Waals surface area contributed by atoms with Gasteiger partial charge >= 0.3 is 0 Å². The maximum atomic E-state index is 5.54. The molecule has 1 heterocycles. The van der Waals surface area contributed by atoms with E-state index >= 15 is 0 Å². The van der Waals surface area contributed by atoms with E-state index in [9.17, 15) is 0 Å². The minimum Gasteiger partial charge on any atom is -0.320 e. The minimum absolute atomic E-state index is 0.0695. The number of nitrogens with two attached hydrogens (primary N) is 1. The molecule has 1 saturated heterocycles. The third-order valence-electron chi connectivity index (χ3n) is 1.26. The van der Waals surface area contributed by atoms with Crippen LogP contribution in [0.25, 0.3) is 0 Å². The largest absolute Gasteiger partial charge is 0.320 e. The molecule has 1 aliphatic rings. The average Bonchev–Trinajstić information content (AvgIpc) is 2.15. The Morgan fingerprint density at radius 2 is 2.67 bits per heavy atom. The molecule has 9 heavy (non-hydrogen) atoms.